The van der Waals surface area contributed by atoms with E-state index < -0.39 is 0 Å². The summed E-state index contributed by atoms with van der Waals surface area (Å²) in [6, 6.07) is 9.57. The smallest absolute Gasteiger partial charge is 0.176 e. The number of hydrogen-bond donors (Lipinski definition) is 0. The zero-order valence-electron chi connectivity index (χ0n) is 8.98. The Hall–Kier alpha value is -1.15. The van der Waals surface area contributed by atoms with Gasteiger partial charge in [-0.1, -0.05) is 36.8 Å². The molecule has 2 heteroatoms. The van der Waals surface area contributed by atoms with E-state index in [-0.39, 0.29) is 5.78 Å². The first-order valence-electron chi connectivity index (χ1n) is 5.67. The van der Waals surface area contributed by atoms with E-state index in [2.05, 4.69) is 4.90 Å². The number of nitrogens with zero attached hydrogens (tertiary/aromatic N) is 1. The molecule has 2 rings (SSSR count). The molecule has 0 N–H and O–H groups in total. The molecule has 2 nitrogen and oxygen atoms in total. The number of Topliss-reactive ketones (excluding diaryl/α,β-unsaturated/α-hetero) is 1. The predicted octanol–water partition coefficient (Wildman–Crippen LogP) is 2.36. The number of piperidine rings is 1. The van der Waals surface area contributed by atoms with E-state index in [1.165, 1.54) is 19.3 Å². The van der Waals surface area contributed by atoms with E-state index in [4.69, 9.17) is 0 Å². The SMILES string of the molecule is O=C(CN1CCCCC1)c1ccccc1. The highest BCUT2D eigenvalue weighted by Crippen LogP contribution is 2.09. The Morgan fingerprint density at radius 1 is 1.07 bits per heavy atom. The van der Waals surface area contributed by atoms with E-state index in [1.54, 1.807) is 0 Å². The van der Waals surface area contributed by atoms with Crippen molar-refractivity contribution < 1.29 is 4.79 Å². The van der Waals surface area contributed by atoms with Crippen molar-refractivity contribution in [3.63, 3.8) is 0 Å². The fraction of sp³-hybridized carbons (Fsp3) is 0.462. The standard InChI is InChI=1S/C13H17NO/c15-13(12-7-3-1-4-8-12)11-14-9-5-2-6-10-14/h1,3-4,7-8H,2,5-6,9-11H2. The van der Waals surface area contributed by atoms with E-state index in [9.17, 15) is 4.79 Å². The van der Waals surface area contributed by atoms with Crippen LogP contribution in [0.5, 0.6) is 0 Å². The molecule has 1 fully saturated rings. The molecule has 0 radical (unpaired) electrons. The zero-order chi connectivity index (χ0) is 10.5. The lowest BCUT2D eigenvalue weighted by atomic mass is 10.1. The summed E-state index contributed by atoms with van der Waals surface area (Å²) in [4.78, 5) is 14.1. The van der Waals surface area contributed by atoms with Crippen LogP contribution in [0.25, 0.3) is 0 Å². The van der Waals surface area contributed by atoms with Crippen LogP contribution in [0, 0.1) is 0 Å². The number of likely N-dealkylation sites (tertiary alicyclic amines) is 1. The molecule has 1 aliphatic rings. The van der Waals surface area contributed by atoms with Gasteiger partial charge in [0.25, 0.3) is 0 Å². The maximum absolute atomic E-state index is 11.9. The molecule has 0 amide bonds. The molecule has 80 valence electrons. The van der Waals surface area contributed by atoms with Gasteiger partial charge in [-0.3, -0.25) is 9.69 Å². The molecular weight excluding hydrogens is 186 g/mol. The minimum absolute atomic E-state index is 0.248. The first-order chi connectivity index (χ1) is 7.36. The quantitative estimate of drug-likeness (QED) is 0.703. The van der Waals surface area contributed by atoms with Crippen LogP contribution in [0.4, 0.5) is 0 Å². The highest BCUT2D eigenvalue weighted by molar-refractivity contribution is 5.97. The minimum Gasteiger partial charge on any atom is -0.296 e. The Morgan fingerprint density at radius 2 is 1.73 bits per heavy atom. The van der Waals surface area contributed by atoms with Gasteiger partial charge in [-0.2, -0.15) is 0 Å². The summed E-state index contributed by atoms with van der Waals surface area (Å²) < 4.78 is 0. The molecule has 0 unspecified atom stereocenters. The second-order valence-corrected chi connectivity index (χ2v) is 4.13. The third kappa shape index (κ3) is 2.90. The Balaban J connectivity index is 1.91. The van der Waals surface area contributed by atoms with Crippen LogP contribution >= 0.6 is 0 Å². The number of ketones is 1. The molecule has 15 heavy (non-hydrogen) atoms. The molecule has 1 aliphatic heterocycles. The average molecular weight is 203 g/mol. The molecule has 0 spiro atoms. The van der Waals surface area contributed by atoms with Gasteiger partial charge in [-0.05, 0) is 25.9 Å². The Morgan fingerprint density at radius 3 is 2.40 bits per heavy atom. The number of hydrogen-bond acceptors (Lipinski definition) is 2. The molecule has 0 aliphatic carbocycles. The van der Waals surface area contributed by atoms with E-state index in [0.717, 1.165) is 18.7 Å². The highest BCUT2D eigenvalue weighted by Gasteiger charge is 2.14. The van der Waals surface area contributed by atoms with Gasteiger partial charge in [0.05, 0.1) is 6.54 Å². The van der Waals surface area contributed by atoms with Crippen molar-refractivity contribution in [1.82, 2.24) is 4.90 Å². The normalized spacial score (nSPS) is 17.6. The fourth-order valence-electron chi connectivity index (χ4n) is 2.04. The van der Waals surface area contributed by atoms with Gasteiger partial charge in [0.1, 0.15) is 0 Å². The van der Waals surface area contributed by atoms with Crippen LogP contribution in [0.3, 0.4) is 0 Å². The second kappa shape index (κ2) is 5.08. The predicted molar refractivity (Wildman–Crippen MR) is 61.1 cm³/mol. The van der Waals surface area contributed by atoms with E-state index >= 15 is 0 Å². The Bertz CT molecular complexity index is 315. The van der Waals surface area contributed by atoms with Gasteiger partial charge in [-0.25, -0.2) is 0 Å². The number of benzene rings is 1. The van der Waals surface area contributed by atoms with Gasteiger partial charge < -0.3 is 0 Å². The Kier molecular flexibility index (Phi) is 3.51. The van der Waals surface area contributed by atoms with Crippen LogP contribution in [0.15, 0.2) is 30.3 Å². The highest BCUT2D eigenvalue weighted by atomic mass is 16.1. The van der Waals surface area contributed by atoms with Crippen molar-refractivity contribution in [1.29, 1.82) is 0 Å². The lowest BCUT2D eigenvalue weighted by Crippen LogP contribution is -2.34. The molecular formula is C13H17NO. The summed E-state index contributed by atoms with van der Waals surface area (Å²) in [5.74, 6) is 0.248. The summed E-state index contributed by atoms with van der Waals surface area (Å²) in [7, 11) is 0. The van der Waals surface area contributed by atoms with Crippen molar-refractivity contribution in [3.05, 3.63) is 35.9 Å². The average Bonchev–Trinajstić information content (AvgIpc) is 2.31. The van der Waals surface area contributed by atoms with Crippen molar-refractivity contribution in [3.8, 4) is 0 Å². The summed E-state index contributed by atoms with van der Waals surface area (Å²) in [6.45, 7) is 2.75. The van der Waals surface area contributed by atoms with Crippen LogP contribution in [-0.2, 0) is 0 Å². The minimum atomic E-state index is 0.248. The monoisotopic (exact) mass is 203 g/mol. The van der Waals surface area contributed by atoms with Crippen molar-refractivity contribution in [2.24, 2.45) is 0 Å². The van der Waals surface area contributed by atoms with Crippen LogP contribution < -0.4 is 0 Å². The van der Waals surface area contributed by atoms with Crippen molar-refractivity contribution in [2.45, 2.75) is 19.3 Å². The molecule has 1 heterocycles. The molecule has 0 atom stereocenters. The van der Waals surface area contributed by atoms with Crippen LogP contribution in [0.1, 0.15) is 29.6 Å². The first kappa shape index (κ1) is 10.4. The van der Waals surface area contributed by atoms with E-state index in [0.29, 0.717) is 6.54 Å². The van der Waals surface area contributed by atoms with Gasteiger partial charge in [0.2, 0.25) is 0 Å². The maximum Gasteiger partial charge on any atom is 0.176 e. The lowest BCUT2D eigenvalue weighted by Gasteiger charge is -2.25. The van der Waals surface area contributed by atoms with Crippen LogP contribution in [-0.4, -0.2) is 30.3 Å². The third-order valence-corrected chi connectivity index (χ3v) is 2.91. The van der Waals surface area contributed by atoms with Crippen molar-refractivity contribution >= 4 is 5.78 Å². The number of carbonyl (C=O) groups is 1. The van der Waals surface area contributed by atoms with Crippen molar-refractivity contribution in [2.75, 3.05) is 19.6 Å². The summed E-state index contributed by atoms with van der Waals surface area (Å²) in [5.41, 5.74) is 0.836. The van der Waals surface area contributed by atoms with Gasteiger partial charge in [0, 0.05) is 5.56 Å². The van der Waals surface area contributed by atoms with Gasteiger partial charge in [0.15, 0.2) is 5.78 Å². The summed E-state index contributed by atoms with van der Waals surface area (Å²) in [5, 5.41) is 0. The van der Waals surface area contributed by atoms with Gasteiger partial charge in [-0.15, -0.1) is 0 Å². The number of rotatable bonds is 3. The number of carbonyl (C=O) groups excluding carboxylic acids is 1. The zero-order valence-corrected chi connectivity index (χ0v) is 8.98. The lowest BCUT2D eigenvalue weighted by molar-refractivity contribution is 0.0915. The second-order valence-electron chi connectivity index (χ2n) is 4.13. The molecule has 1 saturated heterocycles. The van der Waals surface area contributed by atoms with Gasteiger partial charge >= 0.3 is 0 Å². The van der Waals surface area contributed by atoms with Crippen LogP contribution in [0.2, 0.25) is 0 Å². The molecule has 0 aromatic heterocycles. The molecule has 0 bridgehead atoms. The summed E-state index contributed by atoms with van der Waals surface area (Å²) >= 11 is 0. The fourth-order valence-corrected chi connectivity index (χ4v) is 2.04. The molecule has 1 aromatic carbocycles. The Labute approximate surface area is 90.9 Å². The largest absolute Gasteiger partial charge is 0.296 e. The molecule has 0 saturated carbocycles. The third-order valence-electron chi connectivity index (χ3n) is 2.91. The summed E-state index contributed by atoms with van der Waals surface area (Å²) in [6.07, 6.45) is 3.79. The van der Waals surface area contributed by atoms with E-state index in [1.807, 2.05) is 30.3 Å². The first-order valence-corrected chi connectivity index (χ1v) is 5.67. The topological polar surface area (TPSA) is 20.3 Å². The molecule has 1 aromatic rings. The maximum atomic E-state index is 11.9.